The second kappa shape index (κ2) is 5.22. The maximum absolute atomic E-state index is 12.3. The summed E-state index contributed by atoms with van der Waals surface area (Å²) in [6.07, 6.45) is 2.47. The largest absolute Gasteiger partial charge is 0.478 e. The normalized spacial score (nSPS) is 22.6. The summed E-state index contributed by atoms with van der Waals surface area (Å²) in [5, 5.41) is 14.2. The van der Waals surface area contributed by atoms with E-state index in [9.17, 15) is 9.59 Å². The van der Waals surface area contributed by atoms with Gasteiger partial charge in [0.05, 0.1) is 18.3 Å². The van der Waals surface area contributed by atoms with Crippen LogP contribution in [0.5, 0.6) is 0 Å². The van der Waals surface area contributed by atoms with Gasteiger partial charge in [-0.2, -0.15) is 0 Å². The molecule has 1 aromatic rings. The number of rotatable bonds is 3. The van der Waals surface area contributed by atoms with E-state index in [1.165, 1.54) is 17.4 Å². The molecule has 7 nitrogen and oxygen atoms in total. The van der Waals surface area contributed by atoms with Crippen LogP contribution in [0.15, 0.2) is 11.5 Å². The van der Waals surface area contributed by atoms with Crippen molar-refractivity contribution in [2.75, 3.05) is 31.1 Å². The highest BCUT2D eigenvalue weighted by molar-refractivity contribution is 7.14. The van der Waals surface area contributed by atoms with Crippen LogP contribution in [0.1, 0.15) is 5.69 Å². The molecule has 2 aliphatic rings. The van der Waals surface area contributed by atoms with E-state index in [-0.39, 0.29) is 12.1 Å². The number of nitrogens with one attached hydrogen (secondary N) is 1. The third-order valence-corrected chi connectivity index (χ3v) is 4.24. The summed E-state index contributed by atoms with van der Waals surface area (Å²) in [4.78, 5) is 30.6. The molecule has 2 saturated heterocycles. The second-order valence-corrected chi connectivity index (χ2v) is 5.51. The number of aromatic nitrogens is 1. The molecule has 0 bridgehead atoms. The lowest BCUT2D eigenvalue weighted by Gasteiger charge is -2.28. The number of anilines is 1. The van der Waals surface area contributed by atoms with E-state index in [1.807, 2.05) is 4.90 Å². The van der Waals surface area contributed by atoms with Crippen LogP contribution in [0.4, 0.5) is 9.93 Å². The number of carbonyl (C=O) groups excluding carboxylic acids is 1. The van der Waals surface area contributed by atoms with Gasteiger partial charge in [-0.3, -0.25) is 4.90 Å². The molecule has 0 saturated carbocycles. The number of amides is 2. The number of hydrogen-bond donors (Lipinski definition) is 2. The first-order valence-electron chi connectivity index (χ1n) is 6.30. The molecule has 1 unspecified atom stereocenters. The van der Waals surface area contributed by atoms with Crippen molar-refractivity contribution in [3.05, 3.63) is 17.2 Å². The van der Waals surface area contributed by atoms with Crippen molar-refractivity contribution in [1.29, 1.82) is 0 Å². The molecule has 3 heterocycles. The van der Waals surface area contributed by atoms with Crippen molar-refractivity contribution in [2.45, 2.75) is 6.04 Å². The summed E-state index contributed by atoms with van der Waals surface area (Å²) < 4.78 is 0. The number of hydrogen-bond acceptors (Lipinski definition) is 5. The Kier molecular flexibility index (Phi) is 3.41. The molecule has 0 aromatic carbocycles. The van der Waals surface area contributed by atoms with Gasteiger partial charge in [-0.25, -0.2) is 14.6 Å². The van der Waals surface area contributed by atoms with Crippen LogP contribution in [-0.4, -0.2) is 59.2 Å². The molecule has 3 rings (SSSR count). The van der Waals surface area contributed by atoms with Crippen LogP contribution in [0, 0.1) is 0 Å². The van der Waals surface area contributed by atoms with Gasteiger partial charge in [-0.1, -0.05) is 0 Å². The van der Waals surface area contributed by atoms with E-state index < -0.39 is 5.97 Å². The Balaban J connectivity index is 1.76. The number of carbonyl (C=O) groups is 2. The fourth-order valence-corrected chi connectivity index (χ4v) is 3.21. The molecule has 0 spiro atoms. The minimum Gasteiger partial charge on any atom is -0.478 e. The fourth-order valence-electron chi connectivity index (χ4n) is 2.41. The van der Waals surface area contributed by atoms with Crippen LogP contribution >= 0.6 is 11.3 Å². The number of piperazine rings is 1. The highest BCUT2D eigenvalue weighted by Crippen LogP contribution is 2.28. The summed E-state index contributed by atoms with van der Waals surface area (Å²) >= 11 is 1.35. The number of thiazole rings is 1. The van der Waals surface area contributed by atoms with Crippen LogP contribution in [0.3, 0.4) is 0 Å². The lowest BCUT2D eigenvalue weighted by atomic mass is 10.2. The van der Waals surface area contributed by atoms with Crippen LogP contribution < -0.4 is 10.2 Å². The number of nitrogens with zero attached hydrogens (tertiary/aromatic N) is 3. The molecule has 0 aliphatic carbocycles. The molecule has 2 fully saturated rings. The van der Waals surface area contributed by atoms with Crippen molar-refractivity contribution in [2.24, 2.45) is 0 Å². The highest BCUT2D eigenvalue weighted by atomic mass is 32.1. The first-order chi connectivity index (χ1) is 9.65. The third kappa shape index (κ3) is 2.39. The zero-order chi connectivity index (χ0) is 14.1. The summed E-state index contributed by atoms with van der Waals surface area (Å²) in [6, 6.07) is 0.178. The molecular formula is C12H14N4O3S. The Bertz CT molecular complexity index is 571. The van der Waals surface area contributed by atoms with Gasteiger partial charge in [0.1, 0.15) is 0 Å². The van der Waals surface area contributed by atoms with Gasteiger partial charge in [0.25, 0.3) is 0 Å². The summed E-state index contributed by atoms with van der Waals surface area (Å²) in [5.74, 6) is -1.01. The van der Waals surface area contributed by atoms with Gasteiger partial charge >= 0.3 is 12.0 Å². The van der Waals surface area contributed by atoms with E-state index in [1.54, 1.807) is 10.3 Å². The van der Waals surface area contributed by atoms with Gasteiger partial charge < -0.3 is 15.3 Å². The monoisotopic (exact) mass is 294 g/mol. The average molecular weight is 294 g/mol. The van der Waals surface area contributed by atoms with Gasteiger partial charge in [0.2, 0.25) is 0 Å². The van der Waals surface area contributed by atoms with Gasteiger partial charge in [-0.15, -0.1) is 11.3 Å². The Hall–Kier alpha value is -1.93. The molecule has 8 heteroatoms. The molecular weight excluding hydrogens is 280 g/mol. The molecule has 0 radical (unpaired) electrons. The summed E-state index contributed by atoms with van der Waals surface area (Å²) in [5.41, 5.74) is 0.559. The fraction of sp³-hybridized carbons (Fsp3) is 0.417. The predicted molar refractivity (Wildman–Crippen MR) is 74.9 cm³/mol. The zero-order valence-corrected chi connectivity index (χ0v) is 11.5. The number of aliphatic carboxylic acids is 1. The Labute approximate surface area is 119 Å². The molecule has 1 atom stereocenters. The average Bonchev–Trinajstić information content (AvgIpc) is 3.02. The Morgan fingerprint density at radius 1 is 1.60 bits per heavy atom. The third-order valence-electron chi connectivity index (χ3n) is 3.36. The van der Waals surface area contributed by atoms with Crippen LogP contribution in [0.25, 0.3) is 6.08 Å². The molecule has 2 amide bonds. The van der Waals surface area contributed by atoms with Crippen molar-refractivity contribution in [3.63, 3.8) is 0 Å². The zero-order valence-electron chi connectivity index (χ0n) is 10.7. The standard InChI is InChI=1S/C12H14N4O3S/c17-10(18)2-1-8-7-20-11(14-8)16-6-9-5-13-3-4-15(9)12(16)19/h1-2,7,9,13H,3-6H2,(H,17,18)/b2-1+. The smallest absolute Gasteiger partial charge is 0.328 e. The van der Waals surface area contributed by atoms with Crippen molar-refractivity contribution < 1.29 is 14.7 Å². The van der Waals surface area contributed by atoms with E-state index in [0.717, 1.165) is 25.7 Å². The first-order valence-corrected chi connectivity index (χ1v) is 7.18. The van der Waals surface area contributed by atoms with Crippen molar-refractivity contribution in [1.82, 2.24) is 15.2 Å². The van der Waals surface area contributed by atoms with E-state index in [4.69, 9.17) is 5.11 Å². The topological polar surface area (TPSA) is 85.8 Å². The Morgan fingerprint density at radius 3 is 3.20 bits per heavy atom. The first kappa shape index (κ1) is 13.1. The molecule has 1 aromatic heterocycles. The number of carboxylic acid groups (broad SMARTS) is 1. The van der Waals surface area contributed by atoms with E-state index >= 15 is 0 Å². The molecule has 2 N–H and O–H groups in total. The highest BCUT2D eigenvalue weighted by Gasteiger charge is 2.40. The van der Waals surface area contributed by atoms with Gasteiger partial charge in [0, 0.05) is 31.1 Å². The second-order valence-electron chi connectivity index (χ2n) is 4.67. The van der Waals surface area contributed by atoms with Crippen LogP contribution in [0.2, 0.25) is 0 Å². The predicted octanol–water partition coefficient (Wildman–Crippen LogP) is 0.455. The van der Waals surface area contributed by atoms with Gasteiger partial charge in [0.15, 0.2) is 5.13 Å². The number of urea groups is 1. The van der Waals surface area contributed by atoms with E-state index in [2.05, 4.69) is 10.3 Å². The summed E-state index contributed by atoms with van der Waals surface area (Å²) in [6.45, 7) is 2.97. The molecule has 20 heavy (non-hydrogen) atoms. The van der Waals surface area contributed by atoms with E-state index in [0.29, 0.717) is 17.4 Å². The molecule has 106 valence electrons. The molecule has 2 aliphatic heterocycles. The SMILES string of the molecule is O=C(O)/C=C/c1csc(N2CC3CNCCN3C2=O)n1. The number of fused-ring (bicyclic) bond motifs is 1. The lowest BCUT2D eigenvalue weighted by Crippen LogP contribution is -2.49. The Morgan fingerprint density at radius 2 is 2.45 bits per heavy atom. The van der Waals surface area contributed by atoms with Crippen molar-refractivity contribution >= 4 is 34.5 Å². The number of carboxylic acids is 1. The van der Waals surface area contributed by atoms with Crippen molar-refractivity contribution in [3.8, 4) is 0 Å². The lowest BCUT2D eigenvalue weighted by molar-refractivity contribution is -0.131. The van der Waals surface area contributed by atoms with Gasteiger partial charge in [-0.05, 0) is 6.08 Å². The van der Waals surface area contributed by atoms with Crippen LogP contribution in [-0.2, 0) is 4.79 Å². The quantitative estimate of drug-likeness (QED) is 0.791. The minimum absolute atomic E-state index is 0.0142. The minimum atomic E-state index is -1.01. The maximum Gasteiger partial charge on any atom is 0.328 e. The maximum atomic E-state index is 12.3. The summed E-state index contributed by atoms with van der Waals surface area (Å²) in [7, 11) is 0.